The summed E-state index contributed by atoms with van der Waals surface area (Å²) in [6, 6.07) is 0. The van der Waals surface area contributed by atoms with Crippen LogP contribution in [0.5, 0.6) is 0 Å². The minimum atomic E-state index is 0. The van der Waals surface area contributed by atoms with Crippen LogP contribution >= 0.6 is 63.7 Å². The minimum absolute atomic E-state index is 0. The van der Waals surface area contributed by atoms with E-state index in [1.54, 1.807) is 0 Å². The smallest absolute Gasteiger partial charge is 0.0695 e. The summed E-state index contributed by atoms with van der Waals surface area (Å²) in [4.78, 5) is 0. The van der Waals surface area contributed by atoms with E-state index in [0.29, 0.717) is 0 Å². The highest BCUT2D eigenvalue weighted by atomic mass is 79.9. The highest BCUT2D eigenvalue weighted by Crippen LogP contribution is 2.80. The Balaban J connectivity index is 2.91. The second-order valence-electron chi connectivity index (χ2n) is 2.77. The van der Waals surface area contributed by atoms with Crippen LogP contribution in [0, 0.1) is 5.41 Å². The molecule has 0 saturated heterocycles. The number of hydrogen-bond donors (Lipinski definition) is 0. The van der Waals surface area contributed by atoms with Gasteiger partial charge < -0.3 is 0 Å². The lowest BCUT2D eigenvalue weighted by molar-refractivity contribution is 0.651. The maximum Gasteiger partial charge on any atom is 0.113 e. The van der Waals surface area contributed by atoms with Crippen molar-refractivity contribution >= 4 is 63.7 Å². The van der Waals surface area contributed by atoms with Crippen molar-refractivity contribution in [2.45, 2.75) is 20.3 Å². The van der Waals surface area contributed by atoms with Crippen molar-refractivity contribution < 1.29 is 0 Å². The van der Waals surface area contributed by atoms with E-state index in [2.05, 4.69) is 77.6 Å². The number of alkyl halides is 4. The first kappa shape index (κ1) is 9.01. The number of hydrogen-bond acceptors (Lipinski definition) is 0. The van der Waals surface area contributed by atoms with Gasteiger partial charge in [0.2, 0.25) is 0 Å². The van der Waals surface area contributed by atoms with E-state index in [1.165, 1.54) is 0 Å². The third-order valence-electron chi connectivity index (χ3n) is 1.90. The van der Waals surface area contributed by atoms with Gasteiger partial charge in [0, 0.05) is 5.41 Å². The molecule has 0 aromatic carbocycles. The Morgan fingerprint density at radius 1 is 0.778 bits per heavy atom. The average Bonchev–Trinajstić information content (AvgIpc) is 1.84. The predicted molar refractivity (Wildman–Crippen MR) is 55.0 cm³/mol. The van der Waals surface area contributed by atoms with Crippen LogP contribution in [0.3, 0.4) is 0 Å². The molecule has 0 unspecified atom stereocenters. The summed E-state index contributed by atoms with van der Waals surface area (Å²) in [5, 5.41) is 0. The fourth-order valence-corrected chi connectivity index (χ4v) is 4.51. The van der Waals surface area contributed by atoms with E-state index in [1.807, 2.05) is 0 Å². The maximum absolute atomic E-state index is 3.55. The van der Waals surface area contributed by atoms with Crippen LogP contribution in [0.15, 0.2) is 0 Å². The van der Waals surface area contributed by atoms with E-state index >= 15 is 0 Å². The molecule has 9 heavy (non-hydrogen) atoms. The number of rotatable bonds is 0. The molecule has 1 saturated carbocycles. The Labute approximate surface area is 88.7 Å². The second kappa shape index (κ2) is 1.99. The minimum Gasteiger partial charge on any atom is -0.0695 e. The lowest BCUT2D eigenvalue weighted by Gasteiger charge is -1.99. The van der Waals surface area contributed by atoms with Gasteiger partial charge in [-0.2, -0.15) is 0 Å². The molecule has 0 amide bonds. The molecule has 0 aliphatic heterocycles. The average molecular weight is 386 g/mol. The summed E-state index contributed by atoms with van der Waals surface area (Å²) in [5.74, 6) is 0. The van der Waals surface area contributed by atoms with Crippen LogP contribution in [0.2, 0.25) is 0 Å². The SMILES string of the molecule is CC1(C)C(Br)(Br)C1(Br)Br. The first-order valence-corrected chi connectivity index (χ1v) is 5.68. The quantitative estimate of drug-likeness (QED) is 0.553. The zero-order valence-corrected chi connectivity index (χ0v) is 11.4. The molecular weight excluding hydrogens is 380 g/mol. The predicted octanol–water partition coefficient (Wildman–Crippen LogP) is 4.00. The molecule has 0 aromatic heterocycles. The van der Waals surface area contributed by atoms with Crippen molar-refractivity contribution in [1.29, 1.82) is 0 Å². The molecule has 4 heteroatoms. The Hall–Kier alpha value is 1.92. The zero-order chi connectivity index (χ0) is 7.50. The van der Waals surface area contributed by atoms with Crippen molar-refractivity contribution in [3.63, 3.8) is 0 Å². The first-order valence-electron chi connectivity index (χ1n) is 2.51. The highest BCUT2D eigenvalue weighted by Gasteiger charge is 2.79. The fourth-order valence-electron chi connectivity index (χ4n) is 0.669. The molecule has 1 aliphatic rings. The lowest BCUT2D eigenvalue weighted by Crippen LogP contribution is -1.94. The molecule has 1 fully saturated rings. The van der Waals surface area contributed by atoms with E-state index in [4.69, 9.17) is 0 Å². The molecule has 1 aliphatic carbocycles. The first-order chi connectivity index (χ1) is 3.75. The van der Waals surface area contributed by atoms with Gasteiger partial charge in [-0.25, -0.2) is 0 Å². The zero-order valence-electron chi connectivity index (χ0n) is 5.01. The van der Waals surface area contributed by atoms with Crippen LogP contribution in [-0.4, -0.2) is 6.47 Å². The Bertz CT molecular complexity index is 107. The summed E-state index contributed by atoms with van der Waals surface area (Å²) >= 11 is 14.2. The molecule has 54 valence electrons. The van der Waals surface area contributed by atoms with Crippen LogP contribution < -0.4 is 0 Å². The van der Waals surface area contributed by atoms with Gasteiger partial charge >= 0.3 is 0 Å². The van der Waals surface area contributed by atoms with E-state index in [9.17, 15) is 0 Å². The molecule has 0 atom stereocenters. The van der Waals surface area contributed by atoms with Gasteiger partial charge in [-0.1, -0.05) is 77.6 Å². The van der Waals surface area contributed by atoms with Gasteiger partial charge in [-0.3, -0.25) is 0 Å². The molecular formula is C5H6Br4. The summed E-state index contributed by atoms with van der Waals surface area (Å²) < 4.78 is 0. The van der Waals surface area contributed by atoms with Gasteiger partial charge in [-0.05, 0) is 0 Å². The molecule has 0 heterocycles. The monoisotopic (exact) mass is 382 g/mol. The standard InChI is InChI=1S/C5H6Br4/c1-3(2)4(6,7)5(3,8)9/h1-2H3. The third kappa shape index (κ3) is 0.859. The maximum atomic E-state index is 3.55. The van der Waals surface area contributed by atoms with Crippen molar-refractivity contribution in [3.05, 3.63) is 0 Å². The molecule has 1 rings (SSSR count). The van der Waals surface area contributed by atoms with E-state index in [-0.39, 0.29) is 11.9 Å². The summed E-state index contributed by atoms with van der Waals surface area (Å²) in [7, 11) is 0. The molecule has 0 N–H and O–H groups in total. The van der Waals surface area contributed by atoms with Gasteiger partial charge in [0.25, 0.3) is 0 Å². The molecule has 0 spiro atoms. The topological polar surface area (TPSA) is 0 Å². The van der Waals surface area contributed by atoms with Gasteiger partial charge in [0.05, 0.1) is 0 Å². The lowest BCUT2D eigenvalue weighted by atomic mass is 10.2. The van der Waals surface area contributed by atoms with E-state index in [0.717, 1.165) is 0 Å². The highest BCUT2D eigenvalue weighted by molar-refractivity contribution is 9.31. The van der Waals surface area contributed by atoms with Crippen molar-refractivity contribution in [2.75, 3.05) is 0 Å². The Morgan fingerprint density at radius 2 is 0.889 bits per heavy atom. The van der Waals surface area contributed by atoms with Crippen LogP contribution in [-0.2, 0) is 0 Å². The molecule has 0 aromatic rings. The summed E-state index contributed by atoms with van der Waals surface area (Å²) in [5.41, 5.74) is 0.208. The largest absolute Gasteiger partial charge is 0.113 e. The molecule has 0 bridgehead atoms. The fraction of sp³-hybridized carbons (Fsp3) is 1.00. The normalized spacial score (nSPS) is 34.0. The number of halogens is 4. The Kier molecular flexibility index (Phi) is 1.99. The summed E-state index contributed by atoms with van der Waals surface area (Å²) in [6.45, 7) is 4.33. The third-order valence-corrected chi connectivity index (χ3v) is 10.4. The van der Waals surface area contributed by atoms with E-state index < -0.39 is 0 Å². The molecule has 0 radical (unpaired) electrons. The van der Waals surface area contributed by atoms with Gasteiger partial charge in [0.1, 0.15) is 6.47 Å². The van der Waals surface area contributed by atoms with Crippen molar-refractivity contribution in [2.24, 2.45) is 5.41 Å². The Morgan fingerprint density at radius 3 is 0.889 bits per heavy atom. The van der Waals surface area contributed by atoms with Gasteiger partial charge in [0.15, 0.2) is 0 Å². The summed E-state index contributed by atoms with van der Waals surface area (Å²) in [6.07, 6.45) is 0. The molecule has 0 nitrogen and oxygen atoms in total. The van der Waals surface area contributed by atoms with Gasteiger partial charge in [-0.15, -0.1) is 0 Å². The van der Waals surface area contributed by atoms with Crippen LogP contribution in [0.1, 0.15) is 13.8 Å². The van der Waals surface area contributed by atoms with Crippen LogP contribution in [0.25, 0.3) is 0 Å². The van der Waals surface area contributed by atoms with Crippen molar-refractivity contribution in [3.8, 4) is 0 Å². The second-order valence-corrected chi connectivity index (χ2v) is 9.66. The van der Waals surface area contributed by atoms with Crippen LogP contribution in [0.4, 0.5) is 0 Å². The van der Waals surface area contributed by atoms with Crippen molar-refractivity contribution in [1.82, 2.24) is 0 Å².